The largest absolute Gasteiger partial charge is 0.489 e. The number of amides is 1. The summed E-state index contributed by atoms with van der Waals surface area (Å²) in [6.45, 7) is 11.0. The number of nitrogens with zero attached hydrogens (tertiary/aromatic N) is 6. The van der Waals surface area contributed by atoms with Gasteiger partial charge in [0.25, 0.3) is 0 Å². The predicted octanol–water partition coefficient (Wildman–Crippen LogP) is 4.01. The van der Waals surface area contributed by atoms with Crippen LogP contribution in [0.5, 0.6) is 5.75 Å². The molecule has 3 saturated heterocycles. The van der Waals surface area contributed by atoms with E-state index in [2.05, 4.69) is 22.5 Å². The molecule has 5 atom stereocenters. The van der Waals surface area contributed by atoms with Gasteiger partial charge in [0.15, 0.2) is 5.75 Å². The fourth-order valence-corrected chi connectivity index (χ4v) is 7.70. The van der Waals surface area contributed by atoms with E-state index in [1.165, 1.54) is 12.1 Å². The van der Waals surface area contributed by atoms with Crippen molar-refractivity contribution in [3.63, 3.8) is 0 Å². The number of ether oxygens (including phenoxy) is 2. The second kappa shape index (κ2) is 11.8. The molecule has 5 heterocycles. The van der Waals surface area contributed by atoms with Crippen molar-refractivity contribution in [3.05, 3.63) is 64.6 Å². The highest BCUT2D eigenvalue weighted by Gasteiger charge is 2.39. The van der Waals surface area contributed by atoms with Crippen molar-refractivity contribution in [2.24, 2.45) is 0 Å². The van der Waals surface area contributed by atoms with Gasteiger partial charge in [-0.1, -0.05) is 6.58 Å². The second-order valence-corrected chi connectivity index (χ2v) is 12.8. The number of rotatable bonds is 7. The summed E-state index contributed by atoms with van der Waals surface area (Å²) in [7, 11) is 0. The molecule has 4 aliphatic heterocycles. The summed E-state index contributed by atoms with van der Waals surface area (Å²) < 4.78 is 43.0. The molecule has 2 aromatic carbocycles. The van der Waals surface area contributed by atoms with Gasteiger partial charge in [-0.15, -0.1) is 0 Å². The Morgan fingerprint density at radius 3 is 2.70 bits per heavy atom. The number of hydrogen-bond donors (Lipinski definition) is 0. The fraction of sp³-hybridized carbons (Fsp3) is 0.471. The van der Waals surface area contributed by atoms with Gasteiger partial charge in [0.05, 0.1) is 35.9 Å². The Labute approximate surface area is 265 Å². The molecule has 1 amide bonds. The third kappa shape index (κ3) is 5.02. The zero-order valence-electron chi connectivity index (χ0n) is 25.9. The molecule has 46 heavy (non-hydrogen) atoms. The lowest BCUT2D eigenvalue weighted by Crippen LogP contribution is -2.58. The Hall–Kier alpha value is -4.34. The molecule has 4 aliphatic rings. The first-order chi connectivity index (χ1) is 22.2. The Morgan fingerprint density at radius 1 is 1.17 bits per heavy atom. The van der Waals surface area contributed by atoms with Crippen LogP contribution in [0.1, 0.15) is 44.7 Å². The number of likely N-dealkylation sites (tertiary alicyclic amines) is 1. The number of carbonyl (C=O) groups excluding carboxylic acids is 1. The highest BCUT2D eigenvalue weighted by molar-refractivity contribution is 6.01. The van der Waals surface area contributed by atoms with Crippen molar-refractivity contribution in [1.29, 1.82) is 5.26 Å². The summed E-state index contributed by atoms with van der Waals surface area (Å²) in [4.78, 5) is 37.3. The quantitative estimate of drug-likeness (QED) is 0.361. The van der Waals surface area contributed by atoms with Crippen LogP contribution in [0.15, 0.2) is 41.7 Å². The normalized spacial score (nSPS) is 25.5. The first-order valence-electron chi connectivity index (χ1n) is 15.8. The number of nitriles is 1. The highest BCUT2D eigenvalue weighted by atomic mass is 19.1. The SMILES string of the molecule is C=CC(=O)N1C[C@H](C)N(c2nc(=O)n3c4c(c(-c5ccc(F)cc5F)c(C#N)cc24)OC[C@H]3CCCN2C[C@@H]3C[C@H]2CO3)C[C@H]1C. The number of halogens is 2. The van der Waals surface area contributed by atoms with Crippen molar-refractivity contribution < 1.29 is 23.0 Å². The van der Waals surface area contributed by atoms with E-state index < -0.39 is 17.3 Å². The minimum absolute atomic E-state index is 0.00973. The average Bonchev–Trinajstić information content (AvgIpc) is 3.67. The maximum absolute atomic E-state index is 15.3. The number of piperazine rings is 1. The number of aromatic nitrogens is 2. The highest BCUT2D eigenvalue weighted by Crippen LogP contribution is 2.46. The van der Waals surface area contributed by atoms with Gasteiger partial charge in [0, 0.05) is 60.3 Å². The maximum Gasteiger partial charge on any atom is 0.350 e. The zero-order chi connectivity index (χ0) is 32.3. The van der Waals surface area contributed by atoms with Crippen LogP contribution in [0.25, 0.3) is 22.0 Å². The van der Waals surface area contributed by atoms with Crippen molar-refractivity contribution in [2.75, 3.05) is 44.3 Å². The summed E-state index contributed by atoms with van der Waals surface area (Å²) in [6.07, 6.45) is 4.13. The zero-order valence-corrected chi connectivity index (χ0v) is 25.9. The molecular weight excluding hydrogens is 594 g/mol. The fourth-order valence-electron chi connectivity index (χ4n) is 7.70. The molecule has 1 aromatic heterocycles. The molecule has 2 bridgehead atoms. The Bertz CT molecular complexity index is 1840. The van der Waals surface area contributed by atoms with Gasteiger partial charge in [-0.3, -0.25) is 14.3 Å². The molecule has 12 heteroatoms. The molecule has 0 saturated carbocycles. The summed E-state index contributed by atoms with van der Waals surface area (Å²) in [5.74, 6) is -1.18. The van der Waals surface area contributed by atoms with Gasteiger partial charge in [0.2, 0.25) is 5.91 Å². The molecule has 0 unspecified atom stereocenters. The first kappa shape index (κ1) is 30.3. The van der Waals surface area contributed by atoms with Crippen LogP contribution in [-0.4, -0.2) is 88.9 Å². The predicted molar refractivity (Wildman–Crippen MR) is 168 cm³/mol. The first-order valence-corrected chi connectivity index (χ1v) is 15.8. The monoisotopic (exact) mass is 630 g/mol. The van der Waals surface area contributed by atoms with Crippen LogP contribution in [0.3, 0.4) is 0 Å². The molecule has 10 nitrogen and oxygen atoms in total. The molecular formula is C34H36F2N6O4. The smallest absolute Gasteiger partial charge is 0.350 e. The van der Waals surface area contributed by atoms with E-state index in [0.717, 1.165) is 44.7 Å². The van der Waals surface area contributed by atoms with E-state index in [0.29, 0.717) is 48.4 Å². The lowest BCUT2D eigenvalue weighted by molar-refractivity contribution is -0.128. The van der Waals surface area contributed by atoms with E-state index >= 15 is 4.39 Å². The molecule has 3 fully saturated rings. The van der Waals surface area contributed by atoms with E-state index in [1.807, 2.05) is 18.7 Å². The Kier molecular flexibility index (Phi) is 7.77. The minimum Gasteiger partial charge on any atom is -0.489 e. The number of hydrogen-bond acceptors (Lipinski definition) is 8. The third-order valence-corrected chi connectivity index (χ3v) is 9.96. The number of fused-ring (bicyclic) bond motifs is 2. The van der Waals surface area contributed by atoms with Gasteiger partial charge in [-0.2, -0.15) is 10.2 Å². The lowest BCUT2D eigenvalue weighted by atomic mass is 9.94. The summed E-state index contributed by atoms with van der Waals surface area (Å²) in [6, 6.07) is 6.68. The van der Waals surface area contributed by atoms with E-state index in [9.17, 15) is 19.2 Å². The van der Waals surface area contributed by atoms with Crippen LogP contribution < -0.4 is 15.3 Å². The van der Waals surface area contributed by atoms with Crippen LogP contribution >= 0.6 is 0 Å². The summed E-state index contributed by atoms with van der Waals surface area (Å²) >= 11 is 0. The lowest BCUT2D eigenvalue weighted by Gasteiger charge is -2.45. The van der Waals surface area contributed by atoms with E-state index in [4.69, 9.17) is 9.47 Å². The topological polar surface area (TPSA) is 104 Å². The second-order valence-electron chi connectivity index (χ2n) is 12.8. The Morgan fingerprint density at radius 2 is 2.00 bits per heavy atom. The standard InChI is InChI=1S/C34H36F2N6O4/c1-4-29(43)40-14-20(3)41(15-19(40)2)33-27-10-21(13-37)30(26-8-7-22(35)11-28(26)36)32-31(27)42(34(44)38-33)23(17-46-32)6-5-9-39-16-25-12-24(39)18-45-25/h4,7-8,10-11,19-20,23-25H,1,5-6,9,12,14-18H2,2-3H3/t19-,20+,23-,24+,25+/m1/s1. The maximum atomic E-state index is 15.3. The van der Waals surface area contributed by atoms with Crippen molar-refractivity contribution in [3.8, 4) is 22.9 Å². The molecule has 7 rings (SSSR count). The molecule has 240 valence electrons. The molecule has 0 radical (unpaired) electrons. The van der Waals surface area contributed by atoms with Gasteiger partial charge < -0.3 is 19.3 Å². The van der Waals surface area contributed by atoms with Crippen LogP contribution in [0.4, 0.5) is 14.6 Å². The number of anilines is 1. The van der Waals surface area contributed by atoms with Crippen LogP contribution in [0, 0.1) is 23.0 Å². The molecule has 3 aromatic rings. The molecule has 0 spiro atoms. The number of carbonyl (C=O) groups is 1. The average molecular weight is 631 g/mol. The summed E-state index contributed by atoms with van der Waals surface area (Å²) in [5, 5.41) is 10.8. The van der Waals surface area contributed by atoms with Crippen LogP contribution in [-0.2, 0) is 9.53 Å². The summed E-state index contributed by atoms with van der Waals surface area (Å²) in [5.41, 5.74) is 0.266. The Balaban J connectivity index is 1.34. The minimum atomic E-state index is -0.838. The van der Waals surface area contributed by atoms with Gasteiger partial charge in [-0.05, 0) is 63.9 Å². The van der Waals surface area contributed by atoms with Crippen molar-refractivity contribution in [2.45, 2.75) is 63.4 Å². The third-order valence-electron chi connectivity index (χ3n) is 9.96. The van der Waals surface area contributed by atoms with Crippen LogP contribution in [0.2, 0.25) is 0 Å². The number of morpholine rings is 1. The van der Waals surface area contributed by atoms with Crippen molar-refractivity contribution in [1.82, 2.24) is 19.4 Å². The van der Waals surface area contributed by atoms with Gasteiger partial charge >= 0.3 is 5.69 Å². The molecule has 0 N–H and O–H groups in total. The van der Waals surface area contributed by atoms with E-state index in [1.54, 1.807) is 15.5 Å². The molecule has 0 aliphatic carbocycles. The van der Waals surface area contributed by atoms with Crippen molar-refractivity contribution >= 4 is 22.6 Å². The van der Waals surface area contributed by atoms with Gasteiger partial charge in [-0.25, -0.2) is 13.6 Å². The van der Waals surface area contributed by atoms with E-state index in [-0.39, 0.29) is 53.1 Å². The van der Waals surface area contributed by atoms with Gasteiger partial charge in [0.1, 0.15) is 24.1 Å². The number of benzene rings is 2.